The highest BCUT2D eigenvalue weighted by molar-refractivity contribution is 6.04. The standard InChI is InChI=1S/C14H12FN3O3/c15-13-7-11(18(20)21)4-5-12(13)14(19)17-10-3-1-2-9(6-10)8-16/h1-7H,8,16H2,(H,17,19). The van der Waals surface area contributed by atoms with Crippen LogP contribution in [0.3, 0.4) is 0 Å². The summed E-state index contributed by atoms with van der Waals surface area (Å²) in [6.45, 7) is 0.315. The Bertz CT molecular complexity index is 704. The molecule has 2 rings (SSSR count). The molecule has 6 nitrogen and oxygen atoms in total. The Morgan fingerprint density at radius 1 is 1.29 bits per heavy atom. The van der Waals surface area contributed by atoms with Crippen molar-refractivity contribution >= 4 is 17.3 Å². The molecular weight excluding hydrogens is 277 g/mol. The predicted molar refractivity (Wildman–Crippen MR) is 75.3 cm³/mol. The van der Waals surface area contributed by atoms with Crippen molar-refractivity contribution in [2.45, 2.75) is 6.54 Å². The summed E-state index contributed by atoms with van der Waals surface area (Å²) in [7, 11) is 0. The molecule has 0 aliphatic carbocycles. The molecular formula is C14H12FN3O3. The topological polar surface area (TPSA) is 98.3 Å². The highest BCUT2D eigenvalue weighted by atomic mass is 19.1. The van der Waals surface area contributed by atoms with Gasteiger partial charge in [0.05, 0.1) is 16.6 Å². The molecule has 3 N–H and O–H groups in total. The molecule has 0 fully saturated rings. The van der Waals surface area contributed by atoms with Crippen LogP contribution in [0.1, 0.15) is 15.9 Å². The van der Waals surface area contributed by atoms with Crippen LogP contribution in [0.5, 0.6) is 0 Å². The van der Waals surface area contributed by atoms with E-state index in [4.69, 9.17) is 5.73 Å². The van der Waals surface area contributed by atoms with Crippen molar-refractivity contribution in [3.63, 3.8) is 0 Å². The number of nitro groups is 1. The van der Waals surface area contributed by atoms with Gasteiger partial charge in [0.1, 0.15) is 5.82 Å². The zero-order valence-electron chi connectivity index (χ0n) is 10.9. The third-order valence-corrected chi connectivity index (χ3v) is 2.83. The maximum atomic E-state index is 13.7. The first-order valence-corrected chi connectivity index (χ1v) is 6.05. The Hall–Kier alpha value is -2.80. The Morgan fingerprint density at radius 2 is 2.05 bits per heavy atom. The normalized spacial score (nSPS) is 10.2. The lowest BCUT2D eigenvalue weighted by Gasteiger charge is -2.07. The number of nitrogens with two attached hydrogens (primary N) is 1. The number of carbonyl (C=O) groups is 1. The number of carbonyl (C=O) groups excluding carboxylic acids is 1. The van der Waals surface area contributed by atoms with Crippen molar-refractivity contribution in [1.82, 2.24) is 0 Å². The van der Waals surface area contributed by atoms with Crippen LogP contribution in [0, 0.1) is 15.9 Å². The SMILES string of the molecule is NCc1cccc(NC(=O)c2ccc([N+](=O)[O-])cc2F)c1. The molecule has 108 valence electrons. The predicted octanol–water partition coefficient (Wildman–Crippen LogP) is 2.44. The van der Waals surface area contributed by atoms with Gasteiger partial charge in [-0.25, -0.2) is 4.39 Å². The molecule has 2 aromatic carbocycles. The molecule has 0 atom stereocenters. The number of nitro benzene ring substituents is 1. The monoisotopic (exact) mass is 289 g/mol. The summed E-state index contributed by atoms with van der Waals surface area (Å²) in [4.78, 5) is 21.8. The van der Waals surface area contributed by atoms with Crippen molar-refractivity contribution in [2.75, 3.05) is 5.32 Å². The average Bonchev–Trinajstić information content (AvgIpc) is 2.47. The number of non-ortho nitro benzene ring substituents is 1. The molecule has 0 heterocycles. The minimum atomic E-state index is -0.948. The summed E-state index contributed by atoms with van der Waals surface area (Å²) in [5.41, 5.74) is 6.11. The third kappa shape index (κ3) is 3.40. The van der Waals surface area contributed by atoms with E-state index in [2.05, 4.69) is 5.32 Å². The van der Waals surface area contributed by atoms with Crippen LogP contribution < -0.4 is 11.1 Å². The largest absolute Gasteiger partial charge is 0.326 e. The van der Waals surface area contributed by atoms with Crippen LogP contribution >= 0.6 is 0 Å². The van der Waals surface area contributed by atoms with E-state index in [9.17, 15) is 19.3 Å². The lowest BCUT2D eigenvalue weighted by atomic mass is 10.1. The number of hydrogen-bond acceptors (Lipinski definition) is 4. The molecule has 0 aromatic heterocycles. The van der Waals surface area contributed by atoms with Crippen molar-refractivity contribution in [2.24, 2.45) is 5.73 Å². The molecule has 0 saturated heterocycles. The fraction of sp³-hybridized carbons (Fsp3) is 0.0714. The average molecular weight is 289 g/mol. The van der Waals surface area contributed by atoms with Crippen LogP contribution in [0.4, 0.5) is 15.8 Å². The third-order valence-electron chi connectivity index (χ3n) is 2.83. The number of rotatable bonds is 4. The van der Waals surface area contributed by atoms with Crippen molar-refractivity contribution in [1.29, 1.82) is 0 Å². The van der Waals surface area contributed by atoms with Gasteiger partial charge in [0, 0.05) is 18.3 Å². The van der Waals surface area contributed by atoms with Crippen molar-refractivity contribution < 1.29 is 14.1 Å². The first kappa shape index (κ1) is 14.6. The summed E-state index contributed by atoms with van der Waals surface area (Å²) in [6, 6.07) is 9.68. The van der Waals surface area contributed by atoms with Gasteiger partial charge < -0.3 is 11.1 Å². The van der Waals surface area contributed by atoms with Crippen molar-refractivity contribution in [3.05, 3.63) is 69.5 Å². The second kappa shape index (κ2) is 6.10. The highest BCUT2D eigenvalue weighted by Gasteiger charge is 2.16. The molecule has 0 bridgehead atoms. The summed E-state index contributed by atoms with van der Waals surface area (Å²) in [5.74, 6) is -1.63. The van der Waals surface area contributed by atoms with E-state index in [0.29, 0.717) is 18.3 Å². The van der Waals surface area contributed by atoms with Gasteiger partial charge in [0.15, 0.2) is 0 Å². The number of nitrogens with one attached hydrogen (secondary N) is 1. The molecule has 0 spiro atoms. The Morgan fingerprint density at radius 3 is 2.67 bits per heavy atom. The van der Waals surface area contributed by atoms with E-state index >= 15 is 0 Å². The van der Waals surface area contributed by atoms with E-state index in [0.717, 1.165) is 17.7 Å². The van der Waals surface area contributed by atoms with Gasteiger partial charge in [0.25, 0.3) is 11.6 Å². The van der Waals surface area contributed by atoms with E-state index in [1.807, 2.05) is 0 Å². The van der Waals surface area contributed by atoms with Gasteiger partial charge in [-0.2, -0.15) is 0 Å². The van der Waals surface area contributed by atoms with Crippen LogP contribution in [0.15, 0.2) is 42.5 Å². The van der Waals surface area contributed by atoms with Gasteiger partial charge >= 0.3 is 0 Å². The lowest BCUT2D eigenvalue weighted by molar-refractivity contribution is -0.385. The minimum Gasteiger partial charge on any atom is -0.326 e. The van der Waals surface area contributed by atoms with Gasteiger partial charge in [-0.3, -0.25) is 14.9 Å². The molecule has 21 heavy (non-hydrogen) atoms. The minimum absolute atomic E-state index is 0.265. The molecule has 0 aliphatic rings. The van der Waals surface area contributed by atoms with E-state index < -0.39 is 22.3 Å². The Labute approximate surface area is 119 Å². The Balaban J connectivity index is 2.22. The van der Waals surface area contributed by atoms with Crippen LogP contribution in [0.25, 0.3) is 0 Å². The molecule has 1 amide bonds. The molecule has 0 unspecified atom stereocenters. The molecule has 7 heteroatoms. The number of halogens is 1. The second-order valence-corrected chi connectivity index (χ2v) is 4.28. The lowest BCUT2D eigenvalue weighted by Crippen LogP contribution is -2.14. The highest BCUT2D eigenvalue weighted by Crippen LogP contribution is 2.18. The molecule has 0 saturated carbocycles. The summed E-state index contributed by atoms with van der Waals surface area (Å²) >= 11 is 0. The summed E-state index contributed by atoms with van der Waals surface area (Å²) in [5, 5.41) is 13.0. The summed E-state index contributed by atoms with van der Waals surface area (Å²) < 4.78 is 13.7. The maximum Gasteiger partial charge on any atom is 0.272 e. The number of hydrogen-bond donors (Lipinski definition) is 2. The molecule has 0 aliphatic heterocycles. The van der Waals surface area contributed by atoms with Crippen LogP contribution in [-0.4, -0.2) is 10.8 Å². The number of benzene rings is 2. The van der Waals surface area contributed by atoms with Gasteiger partial charge in [0.2, 0.25) is 0 Å². The first-order valence-electron chi connectivity index (χ1n) is 6.05. The maximum absolute atomic E-state index is 13.7. The number of amides is 1. The Kier molecular flexibility index (Phi) is 4.24. The van der Waals surface area contributed by atoms with Crippen LogP contribution in [0.2, 0.25) is 0 Å². The van der Waals surface area contributed by atoms with Crippen LogP contribution in [-0.2, 0) is 6.54 Å². The fourth-order valence-corrected chi connectivity index (χ4v) is 1.78. The zero-order chi connectivity index (χ0) is 15.4. The van der Waals surface area contributed by atoms with Gasteiger partial charge in [-0.15, -0.1) is 0 Å². The molecule has 0 radical (unpaired) electrons. The second-order valence-electron chi connectivity index (χ2n) is 4.28. The van der Waals surface area contributed by atoms with Gasteiger partial charge in [-0.1, -0.05) is 12.1 Å². The quantitative estimate of drug-likeness (QED) is 0.667. The van der Waals surface area contributed by atoms with Crippen molar-refractivity contribution in [3.8, 4) is 0 Å². The number of anilines is 1. The van der Waals surface area contributed by atoms with E-state index in [1.54, 1.807) is 24.3 Å². The first-order chi connectivity index (χ1) is 10.0. The van der Waals surface area contributed by atoms with Gasteiger partial charge in [-0.05, 0) is 23.8 Å². The zero-order valence-corrected chi connectivity index (χ0v) is 10.9. The summed E-state index contributed by atoms with van der Waals surface area (Å²) in [6.07, 6.45) is 0. The van der Waals surface area contributed by atoms with E-state index in [-0.39, 0.29) is 5.56 Å². The van der Waals surface area contributed by atoms with E-state index in [1.165, 1.54) is 0 Å². The fourth-order valence-electron chi connectivity index (χ4n) is 1.78. The smallest absolute Gasteiger partial charge is 0.272 e. The molecule has 2 aromatic rings. The number of nitrogens with zero attached hydrogens (tertiary/aromatic N) is 1.